The van der Waals surface area contributed by atoms with Crippen LogP contribution in [0.15, 0.2) is 22.5 Å². The summed E-state index contributed by atoms with van der Waals surface area (Å²) in [4.78, 5) is 4.57. The van der Waals surface area contributed by atoms with E-state index in [0.717, 1.165) is 38.8 Å². The van der Waals surface area contributed by atoms with Gasteiger partial charge in [0.2, 0.25) is 0 Å². The number of thioether (sulfide) groups is 1. The van der Waals surface area contributed by atoms with Crippen molar-refractivity contribution in [3.63, 3.8) is 0 Å². The minimum atomic E-state index is -0.220. The summed E-state index contributed by atoms with van der Waals surface area (Å²) in [6.07, 6.45) is 1.96. The second-order valence-electron chi connectivity index (χ2n) is 5.15. The maximum absolute atomic E-state index is 8.95. The Morgan fingerprint density at radius 1 is 1.47 bits per heavy atom. The quantitative estimate of drug-likeness (QED) is 0.507. The number of nitrogens with zero attached hydrogens (tertiary/aromatic N) is 2. The van der Waals surface area contributed by atoms with E-state index in [9.17, 15) is 0 Å². The molecule has 0 amide bonds. The molecule has 0 aliphatic rings. The summed E-state index contributed by atoms with van der Waals surface area (Å²) in [5, 5.41) is 8.95. The lowest BCUT2D eigenvalue weighted by atomic mass is 9.90. The number of rotatable bonds is 5. The molecule has 1 heterocycles. The van der Waals surface area contributed by atoms with Crippen LogP contribution in [0, 0.1) is 16.7 Å². The Kier molecular flexibility index (Phi) is 4.33. The van der Waals surface area contributed by atoms with E-state index in [1.807, 2.05) is 32.0 Å². The first-order valence-electron chi connectivity index (χ1n) is 6.20. The molecule has 0 radical (unpaired) electrons. The van der Waals surface area contributed by atoms with Crippen LogP contribution in [-0.4, -0.2) is 10.7 Å². The Balaban J connectivity index is 1.90. The first-order chi connectivity index (χ1) is 9.00. The highest BCUT2D eigenvalue weighted by Gasteiger charge is 2.15. The van der Waals surface area contributed by atoms with Crippen molar-refractivity contribution in [1.29, 1.82) is 5.26 Å². The molecule has 2 rings (SSSR count). The van der Waals surface area contributed by atoms with Gasteiger partial charge in [0.25, 0.3) is 0 Å². The predicted octanol–water partition coefficient (Wildman–Crippen LogP) is 4.30. The van der Waals surface area contributed by atoms with Crippen LogP contribution in [0.25, 0.3) is 10.2 Å². The number of benzene rings is 1. The number of hydrogen-bond acceptors (Lipinski definition) is 5. The first-order valence-corrected chi connectivity index (χ1v) is 8.00. The van der Waals surface area contributed by atoms with Crippen molar-refractivity contribution in [3.05, 3.63) is 18.2 Å². The number of thiazole rings is 1. The van der Waals surface area contributed by atoms with Crippen LogP contribution in [0.5, 0.6) is 0 Å². The van der Waals surface area contributed by atoms with Crippen molar-refractivity contribution in [2.45, 2.75) is 31.0 Å². The third kappa shape index (κ3) is 3.85. The zero-order chi connectivity index (χ0) is 13.9. The molecule has 100 valence electrons. The molecular weight excluding hydrogens is 274 g/mol. The second kappa shape index (κ2) is 5.81. The minimum absolute atomic E-state index is 0.220. The Morgan fingerprint density at radius 2 is 2.26 bits per heavy atom. The van der Waals surface area contributed by atoms with Gasteiger partial charge in [-0.3, -0.25) is 0 Å². The first kappa shape index (κ1) is 14.2. The van der Waals surface area contributed by atoms with Crippen LogP contribution >= 0.6 is 23.1 Å². The van der Waals surface area contributed by atoms with Crippen LogP contribution in [-0.2, 0) is 0 Å². The molecule has 1 aromatic carbocycles. The highest BCUT2D eigenvalue weighted by atomic mass is 32.2. The van der Waals surface area contributed by atoms with Gasteiger partial charge >= 0.3 is 0 Å². The van der Waals surface area contributed by atoms with Gasteiger partial charge in [-0.15, -0.1) is 11.3 Å². The third-order valence-corrected chi connectivity index (χ3v) is 5.11. The number of hydrogen-bond donors (Lipinski definition) is 1. The van der Waals surface area contributed by atoms with Crippen molar-refractivity contribution in [2.24, 2.45) is 5.41 Å². The number of nitrogen functional groups attached to an aromatic ring is 1. The summed E-state index contributed by atoms with van der Waals surface area (Å²) in [7, 11) is 0. The fourth-order valence-corrected chi connectivity index (χ4v) is 3.84. The molecule has 0 saturated carbocycles. The zero-order valence-electron chi connectivity index (χ0n) is 11.1. The zero-order valence-corrected chi connectivity index (χ0v) is 12.8. The van der Waals surface area contributed by atoms with Gasteiger partial charge in [-0.25, -0.2) is 4.98 Å². The van der Waals surface area contributed by atoms with Crippen LogP contribution in [0.3, 0.4) is 0 Å². The molecule has 3 nitrogen and oxygen atoms in total. The number of nitrogens with two attached hydrogens (primary N) is 1. The maximum atomic E-state index is 8.95. The fourth-order valence-electron chi connectivity index (χ4n) is 1.71. The Labute approximate surface area is 121 Å². The molecule has 1 aromatic heterocycles. The third-order valence-electron chi connectivity index (χ3n) is 2.87. The van der Waals surface area contributed by atoms with E-state index in [1.54, 1.807) is 23.1 Å². The van der Waals surface area contributed by atoms with E-state index in [0.29, 0.717) is 0 Å². The monoisotopic (exact) mass is 291 g/mol. The minimum Gasteiger partial charge on any atom is -0.399 e. The summed E-state index contributed by atoms with van der Waals surface area (Å²) in [5.41, 5.74) is 7.33. The molecule has 0 aliphatic heterocycles. The molecule has 0 aliphatic carbocycles. The van der Waals surface area contributed by atoms with Gasteiger partial charge in [0.1, 0.15) is 0 Å². The molecular formula is C14H17N3S2. The second-order valence-corrected chi connectivity index (χ2v) is 7.53. The SMILES string of the molecule is CC(C)(C#N)CCCSc1nc2ccc(N)cc2s1. The Morgan fingerprint density at radius 3 is 3.00 bits per heavy atom. The van der Waals surface area contributed by atoms with Crippen molar-refractivity contribution >= 4 is 39.0 Å². The van der Waals surface area contributed by atoms with Crippen molar-refractivity contribution < 1.29 is 0 Å². The Bertz CT molecular complexity index is 611. The van der Waals surface area contributed by atoms with Gasteiger partial charge in [0, 0.05) is 11.4 Å². The van der Waals surface area contributed by atoms with Crippen LogP contribution < -0.4 is 5.73 Å². The lowest BCUT2D eigenvalue weighted by molar-refractivity contribution is 0.448. The van der Waals surface area contributed by atoms with E-state index in [-0.39, 0.29) is 5.41 Å². The standard InChI is InChI=1S/C14H17N3S2/c1-14(2,9-15)6-3-7-18-13-17-11-5-4-10(16)8-12(11)19-13/h4-5,8H,3,6-7,16H2,1-2H3. The molecule has 19 heavy (non-hydrogen) atoms. The molecule has 0 fully saturated rings. The average Bonchev–Trinajstić information content (AvgIpc) is 2.76. The normalized spacial score (nSPS) is 11.6. The van der Waals surface area contributed by atoms with Crippen LogP contribution in [0.4, 0.5) is 5.69 Å². The van der Waals surface area contributed by atoms with E-state index in [2.05, 4.69) is 11.1 Å². The average molecular weight is 291 g/mol. The molecule has 2 aromatic rings. The topological polar surface area (TPSA) is 62.7 Å². The fraction of sp³-hybridized carbons (Fsp3) is 0.429. The molecule has 0 atom stereocenters. The van der Waals surface area contributed by atoms with Crippen molar-refractivity contribution in [1.82, 2.24) is 4.98 Å². The van der Waals surface area contributed by atoms with Gasteiger partial charge in [0.15, 0.2) is 4.34 Å². The van der Waals surface area contributed by atoms with Gasteiger partial charge in [-0.2, -0.15) is 5.26 Å². The van der Waals surface area contributed by atoms with E-state index < -0.39 is 0 Å². The molecule has 2 N–H and O–H groups in total. The highest BCUT2D eigenvalue weighted by Crippen LogP contribution is 2.32. The van der Waals surface area contributed by atoms with Crippen LogP contribution in [0.1, 0.15) is 26.7 Å². The van der Waals surface area contributed by atoms with E-state index >= 15 is 0 Å². The number of nitriles is 1. The van der Waals surface area contributed by atoms with Crippen molar-refractivity contribution in [3.8, 4) is 6.07 Å². The molecule has 0 saturated heterocycles. The number of anilines is 1. The molecule has 5 heteroatoms. The lowest BCUT2D eigenvalue weighted by Gasteiger charge is -2.13. The maximum Gasteiger partial charge on any atom is 0.151 e. The largest absolute Gasteiger partial charge is 0.399 e. The molecule has 0 bridgehead atoms. The summed E-state index contributed by atoms with van der Waals surface area (Å²) in [5.74, 6) is 1.00. The summed E-state index contributed by atoms with van der Waals surface area (Å²) >= 11 is 3.44. The van der Waals surface area contributed by atoms with Crippen LogP contribution in [0.2, 0.25) is 0 Å². The summed E-state index contributed by atoms with van der Waals surface area (Å²) < 4.78 is 2.22. The van der Waals surface area contributed by atoms with Crippen molar-refractivity contribution in [2.75, 3.05) is 11.5 Å². The number of aromatic nitrogens is 1. The molecule has 0 spiro atoms. The van der Waals surface area contributed by atoms with Gasteiger partial charge in [-0.1, -0.05) is 11.8 Å². The van der Waals surface area contributed by atoms with Gasteiger partial charge in [0.05, 0.1) is 21.7 Å². The Hall–Kier alpha value is -1.25. The van der Waals surface area contributed by atoms with E-state index in [4.69, 9.17) is 11.0 Å². The number of fused-ring (bicyclic) bond motifs is 1. The van der Waals surface area contributed by atoms with E-state index in [1.165, 1.54) is 0 Å². The smallest absolute Gasteiger partial charge is 0.151 e. The summed E-state index contributed by atoms with van der Waals surface area (Å²) in [6, 6.07) is 8.14. The predicted molar refractivity (Wildman–Crippen MR) is 83.4 cm³/mol. The van der Waals surface area contributed by atoms with Gasteiger partial charge < -0.3 is 5.73 Å². The summed E-state index contributed by atoms with van der Waals surface area (Å²) in [6.45, 7) is 3.97. The lowest BCUT2D eigenvalue weighted by Crippen LogP contribution is -2.07. The van der Waals surface area contributed by atoms with Gasteiger partial charge in [-0.05, 0) is 44.9 Å². The highest BCUT2D eigenvalue weighted by molar-refractivity contribution is 8.01. The molecule has 0 unspecified atom stereocenters.